The van der Waals surface area contributed by atoms with Crippen LogP contribution in [-0.4, -0.2) is 33.2 Å². The number of carbonyl (C=O) groups is 2. The quantitative estimate of drug-likeness (QED) is 0.320. The predicted octanol–water partition coefficient (Wildman–Crippen LogP) is 4.16. The molecule has 12 heteroatoms. The number of alkyl halides is 3. The molecule has 0 unspecified atom stereocenters. The third kappa shape index (κ3) is 5.34. The van der Waals surface area contributed by atoms with Gasteiger partial charge in [0.05, 0.1) is 29.8 Å². The van der Waals surface area contributed by atoms with Crippen LogP contribution in [0.1, 0.15) is 28.5 Å². The molecule has 0 spiro atoms. The normalized spacial score (nSPS) is 11.2. The van der Waals surface area contributed by atoms with Crippen LogP contribution in [0.4, 0.5) is 24.5 Å². The van der Waals surface area contributed by atoms with Crippen molar-refractivity contribution in [3.63, 3.8) is 0 Å². The van der Waals surface area contributed by atoms with Crippen LogP contribution in [0.3, 0.4) is 0 Å². The summed E-state index contributed by atoms with van der Waals surface area (Å²) < 4.78 is 46.0. The van der Waals surface area contributed by atoms with E-state index in [1.807, 2.05) is 0 Å². The number of nitrogens with zero attached hydrogens (tertiary/aromatic N) is 3. The van der Waals surface area contributed by atoms with Crippen LogP contribution in [0.5, 0.6) is 0 Å². The lowest BCUT2D eigenvalue weighted by molar-refractivity contribution is -0.385. The molecule has 1 amide bonds. The van der Waals surface area contributed by atoms with E-state index >= 15 is 0 Å². The first-order valence-electron chi connectivity index (χ1n) is 9.56. The van der Waals surface area contributed by atoms with E-state index in [0.717, 1.165) is 6.20 Å². The summed E-state index contributed by atoms with van der Waals surface area (Å²) in [5.41, 5.74) is -1.73. The second-order valence-electron chi connectivity index (χ2n) is 6.69. The number of ether oxygens (including phenoxy) is 1. The Bertz CT molecular complexity index is 1190. The summed E-state index contributed by atoms with van der Waals surface area (Å²) in [7, 11) is 0. The van der Waals surface area contributed by atoms with Crippen molar-refractivity contribution in [1.29, 1.82) is 0 Å². The molecule has 1 N–H and O–H groups in total. The Morgan fingerprint density at radius 2 is 1.82 bits per heavy atom. The molecule has 172 valence electrons. The molecule has 3 aromatic rings. The van der Waals surface area contributed by atoms with Crippen molar-refractivity contribution in [3.05, 3.63) is 81.7 Å². The molecule has 0 bridgehead atoms. The van der Waals surface area contributed by atoms with Gasteiger partial charge in [-0.15, -0.1) is 0 Å². The van der Waals surface area contributed by atoms with E-state index in [-0.39, 0.29) is 35.7 Å². The molecule has 0 aliphatic rings. The summed E-state index contributed by atoms with van der Waals surface area (Å²) >= 11 is 0. The van der Waals surface area contributed by atoms with Gasteiger partial charge in [-0.1, -0.05) is 18.2 Å². The van der Waals surface area contributed by atoms with Gasteiger partial charge >= 0.3 is 12.1 Å². The Kier molecular flexibility index (Phi) is 6.75. The van der Waals surface area contributed by atoms with Crippen molar-refractivity contribution >= 4 is 23.3 Å². The number of hydrogen-bond acceptors (Lipinski definition) is 6. The van der Waals surface area contributed by atoms with Gasteiger partial charge in [-0.25, -0.2) is 9.48 Å². The average molecular weight is 462 g/mol. The fraction of sp³-hybridized carbons (Fsp3) is 0.190. The molecule has 0 aliphatic carbocycles. The van der Waals surface area contributed by atoms with E-state index in [0.29, 0.717) is 4.68 Å². The van der Waals surface area contributed by atoms with Crippen molar-refractivity contribution in [1.82, 2.24) is 9.78 Å². The number of para-hydroxylation sites is 1. The van der Waals surface area contributed by atoms with Gasteiger partial charge in [-0.05, 0) is 31.2 Å². The third-order valence-electron chi connectivity index (χ3n) is 4.47. The predicted molar refractivity (Wildman–Crippen MR) is 110 cm³/mol. The molecule has 1 aromatic heterocycles. The monoisotopic (exact) mass is 462 g/mol. The van der Waals surface area contributed by atoms with Crippen molar-refractivity contribution in [2.45, 2.75) is 19.5 Å². The lowest BCUT2D eigenvalue weighted by Crippen LogP contribution is -2.18. The van der Waals surface area contributed by atoms with Gasteiger partial charge in [0.25, 0.3) is 5.69 Å². The van der Waals surface area contributed by atoms with E-state index in [2.05, 4.69) is 15.2 Å². The smallest absolute Gasteiger partial charge is 0.434 e. The molecule has 2 aromatic carbocycles. The molecule has 1 heterocycles. The van der Waals surface area contributed by atoms with E-state index in [4.69, 9.17) is 0 Å². The van der Waals surface area contributed by atoms with Gasteiger partial charge in [0.2, 0.25) is 5.91 Å². The highest BCUT2D eigenvalue weighted by Gasteiger charge is 2.41. The Morgan fingerprint density at radius 1 is 1.15 bits per heavy atom. The van der Waals surface area contributed by atoms with E-state index in [1.165, 1.54) is 49.4 Å². The Balaban J connectivity index is 1.81. The number of benzene rings is 2. The fourth-order valence-corrected chi connectivity index (χ4v) is 3.08. The fourth-order valence-electron chi connectivity index (χ4n) is 3.08. The minimum absolute atomic E-state index is 0.00503. The molecule has 0 radical (unpaired) electrons. The molecule has 0 aliphatic heterocycles. The van der Waals surface area contributed by atoms with Crippen molar-refractivity contribution in [2.24, 2.45) is 0 Å². The first-order valence-corrected chi connectivity index (χ1v) is 9.56. The highest BCUT2D eigenvalue weighted by Crippen LogP contribution is 2.34. The van der Waals surface area contributed by atoms with Crippen LogP contribution in [-0.2, 0) is 22.1 Å². The van der Waals surface area contributed by atoms with Crippen LogP contribution in [0, 0.1) is 10.1 Å². The number of aromatic nitrogens is 2. The number of rotatable bonds is 7. The summed E-state index contributed by atoms with van der Waals surface area (Å²) in [5, 5.41) is 17.3. The number of anilines is 1. The largest absolute Gasteiger partial charge is 0.462 e. The number of hydrogen-bond donors (Lipinski definition) is 1. The summed E-state index contributed by atoms with van der Waals surface area (Å²) in [6.07, 6.45) is -4.36. The summed E-state index contributed by atoms with van der Waals surface area (Å²) in [6.45, 7) is 1.38. The van der Waals surface area contributed by atoms with Gasteiger partial charge in [0.1, 0.15) is 5.56 Å². The molecule has 0 saturated heterocycles. The van der Waals surface area contributed by atoms with Gasteiger partial charge < -0.3 is 10.1 Å². The second-order valence-corrected chi connectivity index (χ2v) is 6.69. The van der Waals surface area contributed by atoms with Crippen LogP contribution in [0.25, 0.3) is 5.69 Å². The standard InChI is InChI=1S/C21H17F3N4O5/c1-2-33-20(30)16-12-25-27(19(16)21(22,23)24)15-9-7-14(8-10-15)26-18(29)11-13-5-3-4-6-17(13)28(31)32/h3-10,12H,2,11H2,1H3,(H,26,29). The summed E-state index contributed by atoms with van der Waals surface area (Å²) in [4.78, 5) is 34.6. The van der Waals surface area contributed by atoms with Crippen LogP contribution in [0.15, 0.2) is 54.7 Å². The molecule has 9 nitrogen and oxygen atoms in total. The third-order valence-corrected chi connectivity index (χ3v) is 4.47. The topological polar surface area (TPSA) is 116 Å². The lowest BCUT2D eigenvalue weighted by atomic mass is 10.1. The van der Waals surface area contributed by atoms with Crippen molar-refractivity contribution in [3.8, 4) is 5.69 Å². The number of nitrogens with one attached hydrogen (secondary N) is 1. The Hall–Kier alpha value is -4.22. The lowest BCUT2D eigenvalue weighted by Gasteiger charge is -2.13. The van der Waals surface area contributed by atoms with Gasteiger partial charge in [-0.3, -0.25) is 14.9 Å². The Morgan fingerprint density at radius 3 is 2.42 bits per heavy atom. The van der Waals surface area contributed by atoms with Gasteiger partial charge in [0, 0.05) is 17.3 Å². The first kappa shape index (κ1) is 23.4. The molecule has 0 fully saturated rings. The molecular weight excluding hydrogens is 445 g/mol. The zero-order valence-corrected chi connectivity index (χ0v) is 17.1. The molecule has 33 heavy (non-hydrogen) atoms. The molecule has 0 saturated carbocycles. The first-order chi connectivity index (χ1) is 15.6. The average Bonchev–Trinajstić information content (AvgIpc) is 3.20. The summed E-state index contributed by atoms with van der Waals surface area (Å²) in [6, 6.07) is 11.0. The zero-order chi connectivity index (χ0) is 24.2. The van der Waals surface area contributed by atoms with Crippen LogP contribution < -0.4 is 5.32 Å². The minimum atomic E-state index is -4.88. The van der Waals surface area contributed by atoms with E-state index in [1.54, 1.807) is 6.07 Å². The van der Waals surface area contributed by atoms with Gasteiger partial charge in [0.15, 0.2) is 5.69 Å². The molecular formula is C21H17F3N4O5. The maximum absolute atomic E-state index is 13.6. The van der Waals surface area contributed by atoms with Crippen molar-refractivity contribution in [2.75, 3.05) is 11.9 Å². The number of halogens is 3. The van der Waals surface area contributed by atoms with E-state index < -0.39 is 34.2 Å². The van der Waals surface area contributed by atoms with Crippen LogP contribution in [0.2, 0.25) is 0 Å². The summed E-state index contributed by atoms with van der Waals surface area (Å²) in [5.74, 6) is -1.69. The maximum atomic E-state index is 13.6. The molecule has 3 rings (SSSR count). The second kappa shape index (κ2) is 9.51. The number of esters is 1. The van der Waals surface area contributed by atoms with Crippen molar-refractivity contribution < 1.29 is 32.4 Å². The number of nitro groups is 1. The number of nitro benzene ring substituents is 1. The molecule has 0 atom stereocenters. The number of amides is 1. The Labute approximate surface area is 184 Å². The van der Waals surface area contributed by atoms with Crippen LogP contribution >= 0.6 is 0 Å². The minimum Gasteiger partial charge on any atom is -0.462 e. The van der Waals surface area contributed by atoms with Gasteiger partial charge in [-0.2, -0.15) is 18.3 Å². The van der Waals surface area contributed by atoms with E-state index in [9.17, 15) is 32.9 Å². The number of carbonyl (C=O) groups excluding carboxylic acids is 2. The maximum Gasteiger partial charge on any atom is 0.434 e. The highest BCUT2D eigenvalue weighted by molar-refractivity contribution is 5.93. The zero-order valence-electron chi connectivity index (χ0n) is 17.1. The highest BCUT2D eigenvalue weighted by atomic mass is 19.4. The SMILES string of the molecule is CCOC(=O)c1cnn(-c2ccc(NC(=O)Cc3ccccc3[N+](=O)[O-])cc2)c1C(F)(F)F.